The molecule has 2 saturated heterocycles. The third-order valence-corrected chi connectivity index (χ3v) is 9.93. The molecule has 0 spiro atoms. The maximum Gasteiger partial charge on any atom is 0.322 e. The standard InChI is InChI=1S/C21H24ClN7O6S3/c1-9(23)5-35-6-10-4-25-3-2-11(10)38-21(19(32)33)7-29-17(31)14(18(29)36-8-21)26-16(30)13(28-34)12-15(22)37-20(24)27-12/h2-4,9,14,18,34H,5-8,23H2,1H3,(H2,24,27)(H,26,30)(H,32,33)/t9?,14-,18-,21?/m1/s1. The summed E-state index contributed by atoms with van der Waals surface area (Å²) in [6.07, 6.45) is 3.18. The summed E-state index contributed by atoms with van der Waals surface area (Å²) in [5.74, 6) is -2.24. The number of hydrogen-bond acceptors (Lipinski definition) is 13. The molecule has 13 nitrogen and oxygen atoms in total. The number of nitrogens with one attached hydrogen (secondary N) is 1. The number of aliphatic carboxylic acids is 1. The summed E-state index contributed by atoms with van der Waals surface area (Å²) in [5.41, 5.74) is 11.5. The van der Waals surface area contributed by atoms with Crippen molar-refractivity contribution in [3.63, 3.8) is 0 Å². The number of carboxylic acid groups (broad SMARTS) is 1. The van der Waals surface area contributed by atoms with E-state index in [1.807, 2.05) is 6.92 Å². The third kappa shape index (κ3) is 5.69. The van der Waals surface area contributed by atoms with Crippen molar-refractivity contribution in [2.24, 2.45) is 10.9 Å². The van der Waals surface area contributed by atoms with E-state index in [1.165, 1.54) is 16.7 Å². The average Bonchev–Trinajstić information content (AvgIpc) is 3.20. The molecule has 2 aromatic heterocycles. The first-order valence-corrected chi connectivity index (χ1v) is 14.2. The number of fused-ring (bicyclic) bond motifs is 1. The first kappa shape index (κ1) is 28.4. The number of anilines is 1. The second-order valence-corrected chi connectivity index (χ2v) is 12.8. The monoisotopic (exact) mass is 601 g/mol. The number of carboxylic acids is 1. The van der Waals surface area contributed by atoms with Crippen LogP contribution in [-0.4, -0.2) is 89.8 Å². The fraction of sp³-hybridized carbons (Fsp3) is 0.429. The highest BCUT2D eigenvalue weighted by molar-refractivity contribution is 8.05. The molecule has 0 saturated carbocycles. The Morgan fingerprint density at radius 1 is 1.50 bits per heavy atom. The van der Waals surface area contributed by atoms with Gasteiger partial charge in [-0.1, -0.05) is 28.1 Å². The zero-order chi connectivity index (χ0) is 27.6. The van der Waals surface area contributed by atoms with E-state index >= 15 is 0 Å². The van der Waals surface area contributed by atoms with Gasteiger partial charge < -0.3 is 36.7 Å². The van der Waals surface area contributed by atoms with Crippen LogP contribution in [0.3, 0.4) is 0 Å². The number of oxime groups is 1. The Morgan fingerprint density at radius 2 is 2.26 bits per heavy atom. The molecule has 0 bridgehead atoms. The molecule has 204 valence electrons. The number of amides is 2. The lowest BCUT2D eigenvalue weighted by molar-refractivity contribution is -0.151. The van der Waals surface area contributed by atoms with Gasteiger partial charge in [-0.2, -0.15) is 0 Å². The SMILES string of the molecule is CC(N)COCc1cnccc1SC1(C(=O)O)CS[C@@H]2[C@H](NC(=O)C(=NO)c3nc(N)sc3Cl)C(=O)N2C1. The zero-order valence-corrected chi connectivity index (χ0v) is 23.1. The van der Waals surface area contributed by atoms with Crippen LogP contribution < -0.4 is 16.8 Å². The molecule has 4 heterocycles. The minimum Gasteiger partial charge on any atom is -0.480 e. The van der Waals surface area contributed by atoms with Gasteiger partial charge in [0.1, 0.15) is 26.2 Å². The van der Waals surface area contributed by atoms with Gasteiger partial charge >= 0.3 is 5.97 Å². The largest absolute Gasteiger partial charge is 0.480 e. The maximum absolute atomic E-state index is 13.0. The van der Waals surface area contributed by atoms with Crippen LogP contribution >= 0.6 is 46.5 Å². The summed E-state index contributed by atoms with van der Waals surface area (Å²) < 4.78 is 4.32. The number of carbonyl (C=O) groups is 3. The van der Waals surface area contributed by atoms with Gasteiger partial charge in [-0.25, -0.2) is 4.98 Å². The highest BCUT2D eigenvalue weighted by atomic mass is 35.5. The lowest BCUT2D eigenvalue weighted by atomic mass is 10.0. The molecule has 4 rings (SSSR count). The number of thiazole rings is 1. The van der Waals surface area contributed by atoms with Crippen LogP contribution in [0.1, 0.15) is 18.2 Å². The number of hydrogen-bond donors (Lipinski definition) is 5. The van der Waals surface area contributed by atoms with E-state index in [1.54, 1.807) is 18.5 Å². The number of carbonyl (C=O) groups excluding carboxylic acids is 2. The van der Waals surface area contributed by atoms with E-state index in [0.29, 0.717) is 17.1 Å². The first-order valence-electron chi connectivity index (χ1n) is 11.1. The summed E-state index contributed by atoms with van der Waals surface area (Å²) in [7, 11) is 0. The van der Waals surface area contributed by atoms with Crippen molar-refractivity contribution in [2.75, 3.05) is 24.6 Å². The van der Waals surface area contributed by atoms with E-state index in [0.717, 1.165) is 23.1 Å². The summed E-state index contributed by atoms with van der Waals surface area (Å²) in [6, 6.07) is 0.616. The highest BCUT2D eigenvalue weighted by Crippen LogP contribution is 2.47. The van der Waals surface area contributed by atoms with Crippen molar-refractivity contribution in [1.82, 2.24) is 20.2 Å². The number of nitrogens with zero attached hydrogens (tertiary/aromatic N) is 4. The Labute approximate surface area is 234 Å². The normalized spacial score (nSPS) is 23.9. The number of nitrogens with two attached hydrogens (primary N) is 2. The fourth-order valence-electron chi connectivity index (χ4n) is 3.85. The molecular weight excluding hydrogens is 578 g/mol. The van der Waals surface area contributed by atoms with Crippen LogP contribution in [0.25, 0.3) is 0 Å². The maximum atomic E-state index is 13.0. The summed E-state index contributed by atoms with van der Waals surface area (Å²) >= 11 is 9.29. The van der Waals surface area contributed by atoms with Crippen LogP contribution in [0.15, 0.2) is 28.5 Å². The van der Waals surface area contributed by atoms with Crippen LogP contribution in [0.4, 0.5) is 5.13 Å². The van der Waals surface area contributed by atoms with Crippen molar-refractivity contribution in [3.05, 3.63) is 34.1 Å². The van der Waals surface area contributed by atoms with Gasteiger partial charge in [0.2, 0.25) is 5.91 Å². The summed E-state index contributed by atoms with van der Waals surface area (Å²) in [6.45, 7) is 2.28. The number of ether oxygens (including phenoxy) is 1. The van der Waals surface area contributed by atoms with Gasteiger partial charge in [0.15, 0.2) is 10.8 Å². The molecule has 2 aliphatic rings. The van der Waals surface area contributed by atoms with Crippen molar-refractivity contribution >= 4 is 75.1 Å². The Kier molecular flexibility index (Phi) is 8.68. The number of aromatic nitrogens is 2. The molecule has 2 aromatic rings. The lowest BCUT2D eigenvalue weighted by Crippen LogP contribution is -2.74. The molecule has 17 heteroatoms. The Balaban J connectivity index is 1.45. The van der Waals surface area contributed by atoms with E-state index in [9.17, 15) is 24.7 Å². The zero-order valence-electron chi connectivity index (χ0n) is 19.9. The van der Waals surface area contributed by atoms with Gasteiger partial charge in [0.25, 0.3) is 5.91 Å². The average molecular weight is 602 g/mol. The molecule has 2 amide bonds. The molecule has 7 N–H and O–H groups in total. The summed E-state index contributed by atoms with van der Waals surface area (Å²) in [4.78, 5) is 48.3. The van der Waals surface area contributed by atoms with E-state index in [4.69, 9.17) is 27.8 Å². The number of rotatable bonds is 10. The van der Waals surface area contributed by atoms with Crippen molar-refractivity contribution in [1.29, 1.82) is 0 Å². The van der Waals surface area contributed by atoms with Crippen molar-refractivity contribution in [2.45, 2.75) is 40.6 Å². The van der Waals surface area contributed by atoms with E-state index < -0.39 is 39.7 Å². The molecular formula is C21H24ClN7O6S3. The van der Waals surface area contributed by atoms with Gasteiger partial charge in [-0.05, 0) is 13.0 Å². The second kappa shape index (κ2) is 11.6. The van der Waals surface area contributed by atoms with E-state index in [2.05, 4.69) is 20.4 Å². The predicted octanol–water partition coefficient (Wildman–Crippen LogP) is 0.831. The third-order valence-electron chi connectivity index (χ3n) is 5.68. The quantitative estimate of drug-likeness (QED) is 0.111. The van der Waals surface area contributed by atoms with Crippen LogP contribution in [0, 0.1) is 0 Å². The first-order chi connectivity index (χ1) is 18.1. The van der Waals surface area contributed by atoms with Gasteiger partial charge in [0.05, 0.1) is 13.2 Å². The molecule has 38 heavy (non-hydrogen) atoms. The number of β-lactam (4-membered cyclic amide) rings is 1. The number of pyridine rings is 1. The topological polar surface area (TPSA) is 206 Å². The molecule has 0 aromatic carbocycles. The van der Waals surface area contributed by atoms with Crippen LogP contribution in [-0.2, 0) is 25.7 Å². The fourth-order valence-corrected chi connectivity index (χ4v) is 7.69. The minimum atomic E-state index is -1.34. The molecule has 2 aliphatic heterocycles. The second-order valence-electron chi connectivity index (χ2n) is 8.62. The van der Waals surface area contributed by atoms with Crippen molar-refractivity contribution < 1.29 is 29.4 Å². The summed E-state index contributed by atoms with van der Waals surface area (Å²) in [5, 5.41) is 24.7. The Hall–Kier alpha value is -2.63. The molecule has 0 aliphatic carbocycles. The van der Waals surface area contributed by atoms with Crippen LogP contribution in [0.5, 0.6) is 0 Å². The smallest absolute Gasteiger partial charge is 0.322 e. The van der Waals surface area contributed by atoms with Gasteiger partial charge in [-0.15, -0.1) is 23.5 Å². The molecule has 2 fully saturated rings. The molecule has 0 radical (unpaired) electrons. The Bertz CT molecular complexity index is 1280. The van der Waals surface area contributed by atoms with Crippen LogP contribution in [0.2, 0.25) is 4.34 Å². The number of halogens is 1. The highest BCUT2D eigenvalue weighted by Gasteiger charge is 2.58. The van der Waals surface area contributed by atoms with Gasteiger partial charge in [-0.3, -0.25) is 19.4 Å². The number of nitrogen functional groups attached to an aromatic ring is 1. The minimum absolute atomic E-state index is 0.0562. The Morgan fingerprint density at radius 3 is 2.89 bits per heavy atom. The lowest BCUT2D eigenvalue weighted by Gasteiger charge is -2.53. The van der Waals surface area contributed by atoms with Gasteiger partial charge in [0, 0.05) is 41.2 Å². The van der Waals surface area contributed by atoms with E-state index in [-0.39, 0.29) is 40.1 Å². The van der Waals surface area contributed by atoms with Crippen molar-refractivity contribution in [3.8, 4) is 0 Å². The predicted molar refractivity (Wildman–Crippen MR) is 144 cm³/mol. The number of thioether (sulfide) groups is 2. The molecule has 4 atom stereocenters. The molecule has 2 unspecified atom stereocenters.